The highest BCUT2D eigenvalue weighted by Crippen LogP contribution is 2.39. The molecule has 0 aromatic heterocycles. The van der Waals surface area contributed by atoms with E-state index in [0.29, 0.717) is 0 Å². The van der Waals surface area contributed by atoms with Gasteiger partial charge in [-0.15, -0.1) is 6.58 Å². The van der Waals surface area contributed by atoms with Crippen LogP contribution in [0.1, 0.15) is 24.8 Å². The highest BCUT2D eigenvalue weighted by atomic mass is 16.5. The van der Waals surface area contributed by atoms with Crippen molar-refractivity contribution in [1.82, 2.24) is 4.90 Å². The number of ether oxygens (including phenoxy) is 2. The van der Waals surface area contributed by atoms with E-state index >= 15 is 0 Å². The van der Waals surface area contributed by atoms with Crippen molar-refractivity contribution < 1.29 is 9.47 Å². The minimum atomic E-state index is 0.00544. The van der Waals surface area contributed by atoms with Crippen LogP contribution in [-0.4, -0.2) is 37.2 Å². The number of nitrogens with zero attached hydrogens (tertiary/aromatic N) is 1. The number of methoxy groups -OCH3 is 1. The van der Waals surface area contributed by atoms with Gasteiger partial charge in [0, 0.05) is 19.5 Å². The van der Waals surface area contributed by atoms with Crippen LogP contribution in [0.4, 0.5) is 0 Å². The highest BCUT2D eigenvalue weighted by Gasteiger charge is 2.43. The molecule has 3 heteroatoms. The lowest BCUT2D eigenvalue weighted by Gasteiger charge is -2.35. The van der Waals surface area contributed by atoms with Crippen LogP contribution in [0.25, 0.3) is 0 Å². The first-order valence-electron chi connectivity index (χ1n) is 7.44. The minimum absolute atomic E-state index is 0.00544. The van der Waals surface area contributed by atoms with E-state index in [1.54, 1.807) is 7.11 Å². The average molecular weight is 273 g/mol. The Bertz CT molecular complexity index is 496. The van der Waals surface area contributed by atoms with Crippen molar-refractivity contribution in [3.63, 3.8) is 0 Å². The summed E-state index contributed by atoms with van der Waals surface area (Å²) in [6, 6.07) is 6.21. The molecule has 0 radical (unpaired) electrons. The van der Waals surface area contributed by atoms with Gasteiger partial charge in [0.15, 0.2) is 11.5 Å². The molecule has 2 aliphatic heterocycles. The minimum Gasteiger partial charge on any atom is -0.493 e. The van der Waals surface area contributed by atoms with Crippen molar-refractivity contribution in [3.05, 3.63) is 36.4 Å². The summed E-state index contributed by atoms with van der Waals surface area (Å²) in [5.41, 5.74) is 1.21. The molecule has 2 heterocycles. The summed E-state index contributed by atoms with van der Waals surface area (Å²) < 4.78 is 11.9. The van der Waals surface area contributed by atoms with E-state index in [0.717, 1.165) is 43.9 Å². The second kappa shape index (κ2) is 5.49. The van der Waals surface area contributed by atoms with Crippen LogP contribution in [0.5, 0.6) is 11.5 Å². The number of hydrogen-bond donors (Lipinski definition) is 0. The predicted molar refractivity (Wildman–Crippen MR) is 80.5 cm³/mol. The number of benzene rings is 1. The van der Waals surface area contributed by atoms with Gasteiger partial charge in [0.05, 0.1) is 7.11 Å². The Kier molecular flexibility index (Phi) is 3.70. The molecule has 0 amide bonds. The zero-order valence-electron chi connectivity index (χ0n) is 12.2. The number of rotatable bonds is 5. The Balaban J connectivity index is 1.81. The molecular formula is C17H23NO2. The van der Waals surface area contributed by atoms with Crippen molar-refractivity contribution in [2.24, 2.45) is 0 Å². The smallest absolute Gasteiger partial charge is 0.162 e. The maximum Gasteiger partial charge on any atom is 0.162 e. The first-order chi connectivity index (χ1) is 9.74. The molecule has 3 nitrogen and oxygen atoms in total. The fraction of sp³-hybridized carbons (Fsp3) is 0.529. The van der Waals surface area contributed by atoms with Crippen LogP contribution in [-0.2, 0) is 6.42 Å². The van der Waals surface area contributed by atoms with Gasteiger partial charge in [0.1, 0.15) is 5.60 Å². The molecule has 108 valence electrons. The molecule has 2 atom stereocenters. The van der Waals surface area contributed by atoms with Crippen molar-refractivity contribution in [3.8, 4) is 11.5 Å². The van der Waals surface area contributed by atoms with Crippen LogP contribution < -0.4 is 9.47 Å². The lowest BCUT2D eigenvalue weighted by atomic mass is 9.94. The fourth-order valence-electron chi connectivity index (χ4n) is 3.40. The van der Waals surface area contributed by atoms with Crippen LogP contribution in [0.15, 0.2) is 30.9 Å². The summed E-state index contributed by atoms with van der Waals surface area (Å²) in [5, 5.41) is 0. The fourth-order valence-corrected chi connectivity index (χ4v) is 3.40. The van der Waals surface area contributed by atoms with Crippen molar-refractivity contribution >= 4 is 0 Å². The van der Waals surface area contributed by atoms with E-state index in [2.05, 4.69) is 23.6 Å². The number of piperidine rings is 1. The van der Waals surface area contributed by atoms with Gasteiger partial charge in [-0.25, -0.2) is 0 Å². The van der Waals surface area contributed by atoms with Crippen LogP contribution >= 0.6 is 0 Å². The van der Waals surface area contributed by atoms with Crippen molar-refractivity contribution in [2.75, 3.05) is 26.7 Å². The van der Waals surface area contributed by atoms with Gasteiger partial charge >= 0.3 is 0 Å². The molecule has 3 rings (SSSR count). The maximum absolute atomic E-state index is 6.40. The van der Waals surface area contributed by atoms with Crippen LogP contribution in [0.2, 0.25) is 0 Å². The average Bonchev–Trinajstić information content (AvgIpc) is 2.75. The Morgan fingerprint density at radius 1 is 1.30 bits per heavy atom. The zero-order valence-corrected chi connectivity index (χ0v) is 12.2. The first-order valence-corrected chi connectivity index (χ1v) is 7.44. The maximum atomic E-state index is 6.40. The molecule has 0 N–H and O–H groups in total. The number of fused-ring (bicyclic) bond motifs is 2. The molecule has 0 saturated carbocycles. The van der Waals surface area contributed by atoms with E-state index in [-0.39, 0.29) is 5.60 Å². The standard InChI is InChI=1S/C17H23NO2/c1-3-5-14-6-7-15(16(12-14)19-2)20-17-8-4-10-18(13-17)11-9-17/h3,6-7,12H,1,4-5,8-11,13H2,2H3. The molecule has 2 saturated heterocycles. The SMILES string of the molecule is C=CCc1ccc(OC23CCCN(CC2)C3)c(OC)c1. The Hall–Kier alpha value is -1.48. The summed E-state index contributed by atoms with van der Waals surface area (Å²) >= 11 is 0. The van der Waals surface area contributed by atoms with E-state index in [9.17, 15) is 0 Å². The molecule has 2 unspecified atom stereocenters. The van der Waals surface area contributed by atoms with Gasteiger partial charge in [-0.2, -0.15) is 0 Å². The van der Waals surface area contributed by atoms with Crippen molar-refractivity contribution in [1.29, 1.82) is 0 Å². The monoisotopic (exact) mass is 273 g/mol. The normalized spacial score (nSPS) is 28.1. The number of allylic oxidation sites excluding steroid dienone is 1. The van der Waals surface area contributed by atoms with E-state index in [1.807, 2.05) is 12.1 Å². The summed E-state index contributed by atoms with van der Waals surface area (Å²) in [6.45, 7) is 7.23. The third kappa shape index (κ3) is 2.55. The van der Waals surface area contributed by atoms with Gasteiger partial charge in [0.2, 0.25) is 0 Å². The molecule has 20 heavy (non-hydrogen) atoms. The molecule has 0 aliphatic carbocycles. The molecule has 1 aromatic carbocycles. The number of hydrogen-bond acceptors (Lipinski definition) is 3. The third-order valence-electron chi connectivity index (χ3n) is 4.44. The van der Waals surface area contributed by atoms with E-state index in [4.69, 9.17) is 9.47 Å². The Morgan fingerprint density at radius 3 is 3.00 bits per heavy atom. The molecule has 2 fully saturated rings. The highest BCUT2D eigenvalue weighted by molar-refractivity contribution is 5.44. The van der Waals surface area contributed by atoms with Gasteiger partial charge < -0.3 is 9.47 Å². The van der Waals surface area contributed by atoms with Crippen LogP contribution in [0.3, 0.4) is 0 Å². The molecule has 0 spiro atoms. The van der Waals surface area contributed by atoms with Crippen molar-refractivity contribution in [2.45, 2.75) is 31.3 Å². The second-order valence-electron chi connectivity index (χ2n) is 5.89. The van der Waals surface area contributed by atoms with Gasteiger partial charge in [-0.3, -0.25) is 4.90 Å². The quantitative estimate of drug-likeness (QED) is 0.770. The summed E-state index contributed by atoms with van der Waals surface area (Å²) in [7, 11) is 1.71. The summed E-state index contributed by atoms with van der Waals surface area (Å²) in [4.78, 5) is 2.50. The lowest BCUT2D eigenvalue weighted by Crippen LogP contribution is -2.43. The van der Waals surface area contributed by atoms with Gasteiger partial charge in [-0.05, 0) is 43.5 Å². The topological polar surface area (TPSA) is 21.7 Å². The van der Waals surface area contributed by atoms with E-state index < -0.39 is 0 Å². The summed E-state index contributed by atoms with van der Waals surface area (Å²) in [5.74, 6) is 1.71. The van der Waals surface area contributed by atoms with Gasteiger partial charge in [-0.1, -0.05) is 12.1 Å². The van der Waals surface area contributed by atoms with Gasteiger partial charge in [0.25, 0.3) is 0 Å². The predicted octanol–water partition coefficient (Wildman–Crippen LogP) is 3.04. The molecule has 1 aromatic rings. The first kappa shape index (κ1) is 13.5. The van der Waals surface area contributed by atoms with Crippen LogP contribution in [0, 0.1) is 0 Å². The van der Waals surface area contributed by atoms with E-state index in [1.165, 1.54) is 18.5 Å². The Labute approximate surface area is 121 Å². The second-order valence-corrected chi connectivity index (χ2v) is 5.89. The lowest BCUT2D eigenvalue weighted by molar-refractivity contribution is 0.0427. The molecule has 2 bridgehead atoms. The Morgan fingerprint density at radius 2 is 2.20 bits per heavy atom. The molecular weight excluding hydrogens is 250 g/mol. The third-order valence-corrected chi connectivity index (χ3v) is 4.44. The largest absolute Gasteiger partial charge is 0.493 e. The summed E-state index contributed by atoms with van der Waals surface area (Å²) in [6.07, 6.45) is 6.28. The molecule has 2 aliphatic rings. The zero-order chi connectivity index (χ0) is 14.0.